The second kappa shape index (κ2) is 5.62. The third kappa shape index (κ3) is 3.24. The summed E-state index contributed by atoms with van der Waals surface area (Å²) in [7, 11) is 0. The first-order valence-electron chi connectivity index (χ1n) is 8.44. The van der Waals surface area contributed by atoms with E-state index in [4.69, 9.17) is 9.47 Å². The Bertz CT molecular complexity index is 494. The molecule has 3 heteroatoms. The Morgan fingerprint density at radius 2 is 2.14 bits per heavy atom. The van der Waals surface area contributed by atoms with Crippen molar-refractivity contribution >= 4 is 0 Å². The summed E-state index contributed by atoms with van der Waals surface area (Å²) in [5.41, 5.74) is 1.48. The molecule has 1 aromatic rings. The van der Waals surface area contributed by atoms with Gasteiger partial charge in [-0.1, -0.05) is 12.1 Å². The summed E-state index contributed by atoms with van der Waals surface area (Å²) >= 11 is 0. The number of hydrogen-bond donors (Lipinski definition) is 1. The fourth-order valence-electron chi connectivity index (χ4n) is 3.47. The van der Waals surface area contributed by atoms with E-state index in [0.717, 1.165) is 37.8 Å². The Morgan fingerprint density at radius 3 is 2.90 bits per heavy atom. The first kappa shape index (κ1) is 13.6. The summed E-state index contributed by atoms with van der Waals surface area (Å²) in [6, 6.07) is 9.32. The molecule has 3 fully saturated rings. The average molecular weight is 287 g/mol. The van der Waals surface area contributed by atoms with E-state index < -0.39 is 0 Å². The number of rotatable bonds is 5. The minimum atomic E-state index is 0.161. The molecular formula is C18H25NO2. The lowest BCUT2D eigenvalue weighted by molar-refractivity contribution is -0.153. The summed E-state index contributed by atoms with van der Waals surface area (Å²) in [5, 5.41) is 3.56. The van der Waals surface area contributed by atoms with E-state index in [9.17, 15) is 0 Å². The zero-order valence-corrected chi connectivity index (χ0v) is 12.6. The molecule has 2 aliphatic carbocycles. The Morgan fingerprint density at radius 1 is 1.24 bits per heavy atom. The van der Waals surface area contributed by atoms with Gasteiger partial charge < -0.3 is 14.8 Å². The summed E-state index contributed by atoms with van der Waals surface area (Å²) < 4.78 is 12.2. The molecule has 1 saturated heterocycles. The third-order valence-corrected chi connectivity index (χ3v) is 5.09. The van der Waals surface area contributed by atoms with E-state index in [0.29, 0.717) is 6.10 Å². The zero-order valence-electron chi connectivity index (χ0n) is 12.6. The minimum Gasteiger partial charge on any atom is -0.490 e. The van der Waals surface area contributed by atoms with Crippen LogP contribution in [0.1, 0.15) is 50.5 Å². The van der Waals surface area contributed by atoms with Crippen LogP contribution in [-0.4, -0.2) is 24.4 Å². The minimum absolute atomic E-state index is 0.161. The lowest BCUT2D eigenvalue weighted by atomic mass is 9.74. The summed E-state index contributed by atoms with van der Waals surface area (Å²) in [6.07, 6.45) is 8.83. The maximum absolute atomic E-state index is 6.24. The highest BCUT2D eigenvalue weighted by Gasteiger charge is 2.43. The van der Waals surface area contributed by atoms with Crippen LogP contribution in [0.25, 0.3) is 0 Å². The molecule has 1 aromatic carbocycles. The molecule has 3 nitrogen and oxygen atoms in total. The Balaban J connectivity index is 1.35. The smallest absolute Gasteiger partial charge is 0.120 e. The maximum Gasteiger partial charge on any atom is 0.120 e. The zero-order chi connectivity index (χ0) is 14.1. The maximum atomic E-state index is 6.24. The first-order valence-corrected chi connectivity index (χ1v) is 8.44. The lowest BCUT2D eigenvalue weighted by Gasteiger charge is -2.46. The summed E-state index contributed by atoms with van der Waals surface area (Å²) in [4.78, 5) is 0. The van der Waals surface area contributed by atoms with Crippen molar-refractivity contribution < 1.29 is 9.47 Å². The van der Waals surface area contributed by atoms with Crippen molar-refractivity contribution in [1.82, 2.24) is 5.32 Å². The van der Waals surface area contributed by atoms with Crippen LogP contribution in [0.3, 0.4) is 0 Å². The monoisotopic (exact) mass is 287 g/mol. The largest absolute Gasteiger partial charge is 0.490 e. The number of nitrogens with one attached hydrogen (secondary N) is 1. The van der Waals surface area contributed by atoms with Crippen LogP contribution in [0.5, 0.6) is 5.75 Å². The quantitative estimate of drug-likeness (QED) is 0.900. The molecule has 0 amide bonds. The van der Waals surface area contributed by atoms with Crippen molar-refractivity contribution in [2.75, 3.05) is 6.61 Å². The van der Waals surface area contributed by atoms with E-state index in [2.05, 4.69) is 29.6 Å². The van der Waals surface area contributed by atoms with Gasteiger partial charge in [0, 0.05) is 25.4 Å². The van der Waals surface area contributed by atoms with Crippen LogP contribution in [-0.2, 0) is 11.3 Å². The van der Waals surface area contributed by atoms with E-state index >= 15 is 0 Å². The van der Waals surface area contributed by atoms with Crippen LogP contribution in [0.4, 0.5) is 0 Å². The number of benzene rings is 1. The normalized spacial score (nSPS) is 27.3. The molecule has 1 atom stereocenters. The van der Waals surface area contributed by atoms with Crippen LogP contribution in [0.2, 0.25) is 0 Å². The van der Waals surface area contributed by atoms with Crippen LogP contribution >= 0.6 is 0 Å². The molecule has 1 aliphatic heterocycles. The van der Waals surface area contributed by atoms with Gasteiger partial charge in [-0.15, -0.1) is 0 Å². The summed E-state index contributed by atoms with van der Waals surface area (Å²) in [6.45, 7) is 1.81. The predicted molar refractivity (Wildman–Crippen MR) is 82.5 cm³/mol. The molecule has 114 valence electrons. The molecule has 1 unspecified atom stereocenters. The molecule has 0 aromatic heterocycles. The predicted octanol–water partition coefficient (Wildman–Crippen LogP) is 3.42. The van der Waals surface area contributed by atoms with Gasteiger partial charge in [-0.3, -0.25) is 0 Å². The number of ether oxygens (including phenoxy) is 2. The number of hydrogen-bond acceptors (Lipinski definition) is 3. The Hall–Kier alpha value is -1.06. The summed E-state index contributed by atoms with van der Waals surface area (Å²) in [5.74, 6) is 1.02. The molecular weight excluding hydrogens is 262 g/mol. The molecule has 3 aliphatic rings. The molecule has 1 spiro atoms. The van der Waals surface area contributed by atoms with E-state index in [1.54, 1.807) is 0 Å². The van der Waals surface area contributed by atoms with Gasteiger partial charge in [0.2, 0.25) is 0 Å². The Kier molecular flexibility index (Phi) is 3.64. The molecule has 2 saturated carbocycles. The third-order valence-electron chi connectivity index (χ3n) is 5.09. The highest BCUT2D eigenvalue weighted by molar-refractivity contribution is 5.29. The SMILES string of the molecule is c1cc(CNC2CC2)cc(OC2CCOC3(CCC3)C2)c1. The fraction of sp³-hybridized carbons (Fsp3) is 0.667. The van der Waals surface area contributed by atoms with Crippen molar-refractivity contribution in [1.29, 1.82) is 0 Å². The van der Waals surface area contributed by atoms with E-state index in [1.165, 1.54) is 37.7 Å². The first-order chi connectivity index (χ1) is 10.3. The van der Waals surface area contributed by atoms with Gasteiger partial charge in [0.25, 0.3) is 0 Å². The fourth-order valence-corrected chi connectivity index (χ4v) is 3.47. The second-order valence-corrected chi connectivity index (χ2v) is 6.92. The van der Waals surface area contributed by atoms with Gasteiger partial charge in [0.05, 0.1) is 12.2 Å². The van der Waals surface area contributed by atoms with Crippen LogP contribution < -0.4 is 10.1 Å². The van der Waals surface area contributed by atoms with Crippen molar-refractivity contribution in [3.05, 3.63) is 29.8 Å². The second-order valence-electron chi connectivity index (χ2n) is 6.92. The van der Waals surface area contributed by atoms with E-state index in [1.807, 2.05) is 0 Å². The molecule has 1 heterocycles. The average Bonchev–Trinajstić information content (AvgIpc) is 3.28. The van der Waals surface area contributed by atoms with Crippen LogP contribution in [0, 0.1) is 0 Å². The molecule has 4 rings (SSSR count). The van der Waals surface area contributed by atoms with Crippen molar-refractivity contribution in [3.8, 4) is 5.75 Å². The van der Waals surface area contributed by atoms with Crippen LogP contribution in [0.15, 0.2) is 24.3 Å². The van der Waals surface area contributed by atoms with Gasteiger partial charge >= 0.3 is 0 Å². The standard InChI is InChI=1S/C18H25NO2/c1-3-14(13-19-15-5-6-15)11-16(4-1)21-17-7-10-20-18(12-17)8-2-9-18/h1,3-4,11,15,17,19H,2,5-10,12-13H2. The topological polar surface area (TPSA) is 30.5 Å². The molecule has 1 N–H and O–H groups in total. The van der Waals surface area contributed by atoms with Gasteiger partial charge in [-0.25, -0.2) is 0 Å². The highest BCUT2D eigenvalue weighted by Crippen LogP contribution is 2.43. The van der Waals surface area contributed by atoms with Gasteiger partial charge in [0.15, 0.2) is 0 Å². The van der Waals surface area contributed by atoms with Crippen molar-refractivity contribution in [2.24, 2.45) is 0 Å². The van der Waals surface area contributed by atoms with Crippen molar-refractivity contribution in [2.45, 2.75) is 69.2 Å². The molecule has 0 bridgehead atoms. The van der Waals surface area contributed by atoms with Crippen molar-refractivity contribution in [3.63, 3.8) is 0 Å². The lowest BCUT2D eigenvalue weighted by Crippen LogP contribution is -2.48. The van der Waals surface area contributed by atoms with Gasteiger partial charge in [0.1, 0.15) is 11.9 Å². The van der Waals surface area contributed by atoms with Gasteiger partial charge in [-0.05, 0) is 49.8 Å². The molecule has 0 radical (unpaired) electrons. The van der Waals surface area contributed by atoms with Gasteiger partial charge in [-0.2, -0.15) is 0 Å². The van der Waals surface area contributed by atoms with E-state index in [-0.39, 0.29) is 5.60 Å². The Labute approximate surface area is 127 Å². The molecule has 21 heavy (non-hydrogen) atoms. The highest BCUT2D eigenvalue weighted by atomic mass is 16.5.